The van der Waals surface area contributed by atoms with E-state index in [0.29, 0.717) is 0 Å². The van der Waals surface area contributed by atoms with Gasteiger partial charge in [-0.1, -0.05) is 19.8 Å². The van der Waals surface area contributed by atoms with Crippen molar-refractivity contribution >= 4 is 0 Å². The number of nitrogens with two attached hydrogens (primary N) is 1. The number of hydrogen-bond donors (Lipinski definition) is 1. The van der Waals surface area contributed by atoms with Gasteiger partial charge in [-0.15, -0.1) is 0 Å². The molecule has 15 heavy (non-hydrogen) atoms. The van der Waals surface area contributed by atoms with Crippen molar-refractivity contribution < 1.29 is 0 Å². The largest absolute Gasteiger partial charge is 0.330 e. The molecule has 1 heterocycles. The Morgan fingerprint density at radius 3 is 2.07 bits per heavy atom. The lowest BCUT2D eigenvalue weighted by molar-refractivity contribution is 0.135. The fraction of sp³-hybridized carbons (Fsp3) is 1.00. The molecule has 0 amide bonds. The minimum absolute atomic E-state index is 0.856. The van der Waals surface area contributed by atoms with Gasteiger partial charge < -0.3 is 15.5 Å². The highest BCUT2D eigenvalue weighted by Gasteiger charge is 2.14. The zero-order valence-corrected chi connectivity index (χ0v) is 10.2. The Hall–Kier alpha value is -0.120. The first-order chi connectivity index (χ1) is 7.36. The van der Waals surface area contributed by atoms with E-state index in [1.54, 1.807) is 0 Å². The van der Waals surface area contributed by atoms with Gasteiger partial charge in [0.05, 0.1) is 0 Å². The van der Waals surface area contributed by atoms with E-state index in [4.69, 9.17) is 5.73 Å². The third-order valence-electron chi connectivity index (χ3n) is 3.34. The summed E-state index contributed by atoms with van der Waals surface area (Å²) in [5, 5.41) is 0. The molecule has 0 saturated carbocycles. The predicted octanol–water partition coefficient (Wildman–Crippen LogP) is 1.14. The van der Waals surface area contributed by atoms with E-state index in [0.717, 1.165) is 6.54 Å². The summed E-state index contributed by atoms with van der Waals surface area (Å²) in [6, 6.07) is 0. The summed E-state index contributed by atoms with van der Waals surface area (Å²) in [6.45, 7) is 10.7. The van der Waals surface area contributed by atoms with E-state index in [-0.39, 0.29) is 0 Å². The van der Waals surface area contributed by atoms with Gasteiger partial charge >= 0.3 is 0 Å². The molecule has 90 valence electrons. The van der Waals surface area contributed by atoms with Gasteiger partial charge in [0.15, 0.2) is 0 Å². The first kappa shape index (κ1) is 12.9. The first-order valence-corrected chi connectivity index (χ1v) is 6.51. The van der Waals surface area contributed by atoms with Crippen LogP contribution in [0, 0.1) is 0 Å². The van der Waals surface area contributed by atoms with Crippen LogP contribution in [0.1, 0.15) is 32.6 Å². The van der Waals surface area contributed by atoms with Crippen LogP contribution >= 0.6 is 0 Å². The number of unbranched alkanes of at least 4 members (excludes halogenated alkanes) is 3. The van der Waals surface area contributed by atoms with Crippen LogP contribution in [0.3, 0.4) is 0 Å². The third-order valence-corrected chi connectivity index (χ3v) is 3.34. The van der Waals surface area contributed by atoms with Crippen LogP contribution in [-0.4, -0.2) is 55.6 Å². The normalized spacial score (nSPS) is 19.6. The molecule has 0 bridgehead atoms. The second-order valence-corrected chi connectivity index (χ2v) is 4.48. The second-order valence-electron chi connectivity index (χ2n) is 4.48. The maximum atomic E-state index is 5.47. The molecular formula is C12H27N3. The molecule has 1 rings (SSSR count). The van der Waals surface area contributed by atoms with Gasteiger partial charge in [0, 0.05) is 26.2 Å². The molecular weight excluding hydrogens is 186 g/mol. The van der Waals surface area contributed by atoms with E-state index in [1.807, 2.05) is 0 Å². The van der Waals surface area contributed by atoms with Gasteiger partial charge in [-0.2, -0.15) is 0 Å². The van der Waals surface area contributed by atoms with Gasteiger partial charge in [0.2, 0.25) is 0 Å². The highest BCUT2D eigenvalue weighted by atomic mass is 15.3. The molecule has 0 radical (unpaired) electrons. The second kappa shape index (κ2) is 8.08. The Morgan fingerprint density at radius 1 is 0.867 bits per heavy atom. The average molecular weight is 213 g/mol. The first-order valence-electron chi connectivity index (χ1n) is 6.51. The molecule has 0 aromatic rings. The number of rotatable bonds is 7. The summed E-state index contributed by atoms with van der Waals surface area (Å²) < 4.78 is 0. The van der Waals surface area contributed by atoms with Crippen LogP contribution in [-0.2, 0) is 0 Å². The lowest BCUT2D eigenvalue weighted by Gasteiger charge is -2.33. The molecule has 0 aromatic heterocycles. The molecule has 0 aliphatic carbocycles. The van der Waals surface area contributed by atoms with E-state index in [9.17, 15) is 0 Å². The molecule has 3 nitrogen and oxygen atoms in total. The molecule has 0 atom stereocenters. The van der Waals surface area contributed by atoms with Crippen molar-refractivity contribution in [3.8, 4) is 0 Å². The van der Waals surface area contributed by atoms with Gasteiger partial charge in [-0.05, 0) is 32.5 Å². The minimum atomic E-state index is 0.856. The average Bonchev–Trinajstić information content (AvgIpc) is 2.30. The molecule has 1 aliphatic heterocycles. The summed E-state index contributed by atoms with van der Waals surface area (Å²) in [7, 11) is 0. The van der Waals surface area contributed by atoms with Crippen LogP contribution in [0.25, 0.3) is 0 Å². The van der Waals surface area contributed by atoms with Gasteiger partial charge in [-0.3, -0.25) is 0 Å². The fourth-order valence-electron chi connectivity index (χ4n) is 2.16. The molecule has 2 N–H and O–H groups in total. The number of likely N-dealkylation sites (N-methyl/N-ethyl adjacent to an activating group) is 1. The predicted molar refractivity (Wildman–Crippen MR) is 66.1 cm³/mol. The molecule has 3 heteroatoms. The lowest BCUT2D eigenvalue weighted by Crippen LogP contribution is -2.46. The van der Waals surface area contributed by atoms with Crippen LogP contribution in [0.5, 0.6) is 0 Å². The van der Waals surface area contributed by atoms with E-state index in [2.05, 4.69) is 16.7 Å². The van der Waals surface area contributed by atoms with Crippen molar-refractivity contribution in [2.75, 3.05) is 45.8 Å². The van der Waals surface area contributed by atoms with Crippen molar-refractivity contribution in [2.24, 2.45) is 5.73 Å². The van der Waals surface area contributed by atoms with E-state index >= 15 is 0 Å². The van der Waals surface area contributed by atoms with Gasteiger partial charge in [0.25, 0.3) is 0 Å². The molecule has 0 aromatic carbocycles. The van der Waals surface area contributed by atoms with Crippen LogP contribution in [0.2, 0.25) is 0 Å². The SMILES string of the molecule is CCN1CCN(CCCCCCN)CC1. The van der Waals surface area contributed by atoms with Crippen molar-refractivity contribution in [1.82, 2.24) is 9.80 Å². The van der Waals surface area contributed by atoms with E-state index < -0.39 is 0 Å². The summed E-state index contributed by atoms with van der Waals surface area (Å²) in [5.74, 6) is 0. The van der Waals surface area contributed by atoms with Crippen molar-refractivity contribution in [1.29, 1.82) is 0 Å². The number of piperazine rings is 1. The topological polar surface area (TPSA) is 32.5 Å². The Labute approximate surface area is 94.6 Å². The van der Waals surface area contributed by atoms with Crippen LogP contribution < -0.4 is 5.73 Å². The highest BCUT2D eigenvalue weighted by molar-refractivity contribution is 4.70. The van der Waals surface area contributed by atoms with Crippen LogP contribution in [0.15, 0.2) is 0 Å². The molecule has 1 aliphatic rings. The van der Waals surface area contributed by atoms with Gasteiger partial charge in [0.1, 0.15) is 0 Å². The molecule has 0 spiro atoms. The summed E-state index contributed by atoms with van der Waals surface area (Å²) in [6.07, 6.45) is 5.21. The standard InChI is InChI=1S/C12H27N3/c1-2-14-9-11-15(12-10-14)8-6-4-3-5-7-13/h2-13H2,1H3. The van der Waals surface area contributed by atoms with E-state index in [1.165, 1.54) is 65.0 Å². The smallest absolute Gasteiger partial charge is 0.0110 e. The lowest BCUT2D eigenvalue weighted by atomic mass is 10.2. The Kier molecular flexibility index (Phi) is 6.98. The maximum Gasteiger partial charge on any atom is 0.0110 e. The highest BCUT2D eigenvalue weighted by Crippen LogP contribution is 2.05. The van der Waals surface area contributed by atoms with Crippen LogP contribution in [0.4, 0.5) is 0 Å². The monoisotopic (exact) mass is 213 g/mol. The zero-order chi connectivity index (χ0) is 10.9. The fourth-order valence-corrected chi connectivity index (χ4v) is 2.16. The molecule has 0 unspecified atom stereocenters. The van der Waals surface area contributed by atoms with Gasteiger partial charge in [-0.25, -0.2) is 0 Å². The third kappa shape index (κ3) is 5.50. The summed E-state index contributed by atoms with van der Waals surface area (Å²) >= 11 is 0. The van der Waals surface area contributed by atoms with Crippen molar-refractivity contribution in [2.45, 2.75) is 32.6 Å². The summed E-state index contributed by atoms with van der Waals surface area (Å²) in [4.78, 5) is 5.14. The van der Waals surface area contributed by atoms with Crippen molar-refractivity contribution in [3.05, 3.63) is 0 Å². The Balaban J connectivity index is 1.94. The Morgan fingerprint density at radius 2 is 1.47 bits per heavy atom. The number of nitrogens with zero attached hydrogens (tertiary/aromatic N) is 2. The molecule has 1 saturated heterocycles. The quantitative estimate of drug-likeness (QED) is 0.644. The summed E-state index contributed by atoms with van der Waals surface area (Å²) in [5.41, 5.74) is 5.47. The zero-order valence-electron chi connectivity index (χ0n) is 10.2. The van der Waals surface area contributed by atoms with Crippen molar-refractivity contribution in [3.63, 3.8) is 0 Å². The molecule has 1 fully saturated rings. The Bertz CT molecular complexity index is 142. The minimum Gasteiger partial charge on any atom is -0.330 e. The maximum absolute atomic E-state index is 5.47. The number of hydrogen-bond acceptors (Lipinski definition) is 3.